The molecule has 1 aliphatic carbocycles. The lowest BCUT2D eigenvalue weighted by Gasteiger charge is -2.32. The minimum Gasteiger partial charge on any atom is -0.369 e. The SMILES string of the molecule is CCC(C)(N)C(=O)NC1CCCC(OCC(F)(F)F)C1. The Kier molecular flexibility index (Phi) is 5.82. The maximum absolute atomic E-state index is 12.1. The van der Waals surface area contributed by atoms with Crippen LogP contribution >= 0.6 is 0 Å². The van der Waals surface area contributed by atoms with E-state index in [1.807, 2.05) is 6.92 Å². The Hall–Kier alpha value is -0.820. The first-order chi connectivity index (χ1) is 9.14. The largest absolute Gasteiger partial charge is 0.411 e. The molecule has 1 fully saturated rings. The third-order valence-electron chi connectivity index (χ3n) is 3.70. The molecular weight excluding hydrogens is 273 g/mol. The molecule has 0 aromatic carbocycles. The van der Waals surface area contributed by atoms with Gasteiger partial charge in [0, 0.05) is 6.04 Å². The van der Waals surface area contributed by atoms with E-state index in [1.165, 1.54) is 0 Å². The second-order valence-corrected chi connectivity index (χ2v) is 5.66. The summed E-state index contributed by atoms with van der Waals surface area (Å²) in [6, 6.07) is -0.163. The van der Waals surface area contributed by atoms with E-state index in [1.54, 1.807) is 6.92 Å². The number of rotatable bonds is 5. The maximum atomic E-state index is 12.1. The van der Waals surface area contributed by atoms with Gasteiger partial charge in [-0.1, -0.05) is 6.92 Å². The van der Waals surface area contributed by atoms with Crippen LogP contribution in [0.15, 0.2) is 0 Å². The number of carbonyl (C=O) groups excluding carboxylic acids is 1. The fraction of sp³-hybridized carbons (Fsp3) is 0.923. The quantitative estimate of drug-likeness (QED) is 0.817. The number of nitrogens with one attached hydrogen (secondary N) is 1. The second-order valence-electron chi connectivity index (χ2n) is 5.66. The average Bonchev–Trinajstić information content (AvgIpc) is 2.36. The second kappa shape index (κ2) is 6.76. The van der Waals surface area contributed by atoms with Crippen molar-refractivity contribution in [3.8, 4) is 0 Å². The molecule has 0 spiro atoms. The lowest BCUT2D eigenvalue weighted by molar-refractivity contribution is -0.188. The first-order valence-corrected chi connectivity index (χ1v) is 6.92. The Balaban J connectivity index is 2.43. The Labute approximate surface area is 117 Å². The molecule has 3 N–H and O–H groups in total. The van der Waals surface area contributed by atoms with Gasteiger partial charge in [0.15, 0.2) is 0 Å². The van der Waals surface area contributed by atoms with E-state index in [2.05, 4.69) is 5.32 Å². The van der Waals surface area contributed by atoms with Crippen molar-refractivity contribution in [2.45, 2.75) is 69.8 Å². The van der Waals surface area contributed by atoms with Gasteiger partial charge in [0.05, 0.1) is 11.6 Å². The van der Waals surface area contributed by atoms with Gasteiger partial charge < -0.3 is 15.8 Å². The van der Waals surface area contributed by atoms with Crippen LogP contribution in [0.5, 0.6) is 0 Å². The van der Waals surface area contributed by atoms with Crippen molar-refractivity contribution in [2.24, 2.45) is 5.73 Å². The summed E-state index contributed by atoms with van der Waals surface area (Å²) in [6.07, 6.45) is -1.79. The van der Waals surface area contributed by atoms with E-state index in [0.717, 1.165) is 12.8 Å². The van der Waals surface area contributed by atoms with Gasteiger partial charge in [-0.3, -0.25) is 4.79 Å². The van der Waals surface area contributed by atoms with Crippen LogP contribution in [0, 0.1) is 0 Å². The monoisotopic (exact) mass is 296 g/mol. The molecule has 0 bridgehead atoms. The molecule has 0 saturated heterocycles. The van der Waals surface area contributed by atoms with Gasteiger partial charge in [-0.25, -0.2) is 0 Å². The minimum absolute atomic E-state index is 0.163. The molecule has 1 rings (SSSR count). The van der Waals surface area contributed by atoms with Gasteiger partial charge >= 0.3 is 6.18 Å². The number of alkyl halides is 3. The summed E-state index contributed by atoms with van der Waals surface area (Å²) in [5.74, 6) is -0.263. The number of ether oxygens (including phenoxy) is 1. The van der Waals surface area contributed by atoms with Crippen molar-refractivity contribution >= 4 is 5.91 Å². The fourth-order valence-electron chi connectivity index (χ4n) is 2.15. The smallest absolute Gasteiger partial charge is 0.369 e. The molecule has 0 aromatic rings. The van der Waals surface area contributed by atoms with Crippen molar-refractivity contribution in [1.29, 1.82) is 0 Å². The molecule has 0 aliphatic heterocycles. The average molecular weight is 296 g/mol. The first-order valence-electron chi connectivity index (χ1n) is 6.92. The summed E-state index contributed by atoms with van der Waals surface area (Å²) >= 11 is 0. The molecule has 0 aromatic heterocycles. The van der Waals surface area contributed by atoms with E-state index in [4.69, 9.17) is 10.5 Å². The van der Waals surface area contributed by atoms with Crippen LogP contribution in [0.1, 0.15) is 46.0 Å². The summed E-state index contributed by atoms with van der Waals surface area (Å²) in [7, 11) is 0. The molecule has 7 heteroatoms. The van der Waals surface area contributed by atoms with Gasteiger partial charge in [0.2, 0.25) is 5.91 Å². The van der Waals surface area contributed by atoms with Crippen LogP contribution in [-0.4, -0.2) is 36.4 Å². The summed E-state index contributed by atoms with van der Waals surface area (Å²) in [6.45, 7) is 2.22. The molecule has 4 nitrogen and oxygen atoms in total. The number of halogens is 3. The van der Waals surface area contributed by atoms with E-state index >= 15 is 0 Å². The maximum Gasteiger partial charge on any atom is 0.411 e. The van der Waals surface area contributed by atoms with Crippen molar-refractivity contribution in [1.82, 2.24) is 5.32 Å². The minimum atomic E-state index is -4.31. The predicted molar refractivity (Wildman–Crippen MR) is 69.1 cm³/mol. The fourth-order valence-corrected chi connectivity index (χ4v) is 2.15. The molecule has 20 heavy (non-hydrogen) atoms. The van der Waals surface area contributed by atoms with Crippen LogP contribution in [0.2, 0.25) is 0 Å². The Morgan fingerprint density at radius 2 is 2.05 bits per heavy atom. The van der Waals surface area contributed by atoms with Crippen molar-refractivity contribution < 1.29 is 22.7 Å². The first kappa shape index (κ1) is 17.2. The molecule has 0 heterocycles. The molecule has 3 atom stereocenters. The number of amides is 1. The van der Waals surface area contributed by atoms with E-state index in [0.29, 0.717) is 19.3 Å². The Bertz CT molecular complexity index is 332. The molecule has 118 valence electrons. The number of hydrogen-bond acceptors (Lipinski definition) is 3. The zero-order valence-electron chi connectivity index (χ0n) is 11.9. The normalized spacial score (nSPS) is 26.9. The summed E-state index contributed by atoms with van der Waals surface area (Å²) < 4.78 is 41.2. The molecule has 3 unspecified atom stereocenters. The zero-order chi connectivity index (χ0) is 15.4. The topological polar surface area (TPSA) is 64.4 Å². The van der Waals surface area contributed by atoms with Crippen LogP contribution < -0.4 is 11.1 Å². The Morgan fingerprint density at radius 3 is 2.60 bits per heavy atom. The molecule has 1 amide bonds. The summed E-state index contributed by atoms with van der Waals surface area (Å²) in [4.78, 5) is 11.9. The number of hydrogen-bond donors (Lipinski definition) is 2. The van der Waals surface area contributed by atoms with Gasteiger partial charge in [0.25, 0.3) is 0 Å². The van der Waals surface area contributed by atoms with Gasteiger partial charge in [0.1, 0.15) is 6.61 Å². The third-order valence-corrected chi connectivity index (χ3v) is 3.70. The zero-order valence-corrected chi connectivity index (χ0v) is 11.9. The van der Waals surface area contributed by atoms with Crippen LogP contribution in [0.3, 0.4) is 0 Å². The van der Waals surface area contributed by atoms with E-state index in [-0.39, 0.29) is 11.9 Å². The number of nitrogens with two attached hydrogens (primary N) is 1. The van der Waals surface area contributed by atoms with Crippen LogP contribution in [0.25, 0.3) is 0 Å². The van der Waals surface area contributed by atoms with Gasteiger partial charge in [-0.2, -0.15) is 13.2 Å². The van der Waals surface area contributed by atoms with Crippen molar-refractivity contribution in [3.63, 3.8) is 0 Å². The van der Waals surface area contributed by atoms with Crippen LogP contribution in [0.4, 0.5) is 13.2 Å². The van der Waals surface area contributed by atoms with Gasteiger partial charge in [-0.15, -0.1) is 0 Å². The third kappa shape index (κ3) is 5.66. The van der Waals surface area contributed by atoms with E-state index in [9.17, 15) is 18.0 Å². The molecule has 0 radical (unpaired) electrons. The van der Waals surface area contributed by atoms with Crippen molar-refractivity contribution in [2.75, 3.05) is 6.61 Å². The van der Waals surface area contributed by atoms with Crippen LogP contribution in [-0.2, 0) is 9.53 Å². The highest BCUT2D eigenvalue weighted by Crippen LogP contribution is 2.24. The highest BCUT2D eigenvalue weighted by molar-refractivity contribution is 5.85. The van der Waals surface area contributed by atoms with Gasteiger partial charge in [-0.05, 0) is 39.0 Å². The van der Waals surface area contributed by atoms with Crippen molar-refractivity contribution in [3.05, 3.63) is 0 Å². The highest BCUT2D eigenvalue weighted by atomic mass is 19.4. The highest BCUT2D eigenvalue weighted by Gasteiger charge is 2.33. The molecule has 1 aliphatic rings. The molecular formula is C13H23F3N2O2. The number of carbonyl (C=O) groups is 1. The Morgan fingerprint density at radius 1 is 1.40 bits per heavy atom. The van der Waals surface area contributed by atoms with E-state index < -0.39 is 24.4 Å². The standard InChI is InChI=1S/C13H23F3N2O2/c1-3-12(2,17)11(19)18-9-5-4-6-10(7-9)20-8-13(14,15)16/h9-10H,3-8,17H2,1-2H3,(H,18,19). The summed E-state index contributed by atoms with van der Waals surface area (Å²) in [5, 5.41) is 2.81. The summed E-state index contributed by atoms with van der Waals surface area (Å²) in [5.41, 5.74) is 4.89. The predicted octanol–water partition coefficient (Wildman–Crippen LogP) is 2.12. The lowest BCUT2D eigenvalue weighted by atomic mass is 9.91. The molecule has 1 saturated carbocycles. The lowest BCUT2D eigenvalue weighted by Crippen LogP contribution is -2.54.